The average molecular weight is 272 g/mol. The third kappa shape index (κ3) is 4.39. The van der Waals surface area contributed by atoms with Crippen molar-refractivity contribution in [2.45, 2.75) is 71.2 Å². The first kappa shape index (κ1) is 15.7. The summed E-state index contributed by atoms with van der Waals surface area (Å²) < 4.78 is 11.5. The van der Waals surface area contributed by atoms with Crippen molar-refractivity contribution in [3.05, 3.63) is 0 Å². The molecule has 0 amide bonds. The van der Waals surface area contributed by atoms with Crippen LogP contribution in [0, 0.1) is 5.92 Å². The number of hydrogen-bond acceptors (Lipinski definition) is 3. The number of hydrogen-bond donors (Lipinski definition) is 0. The van der Waals surface area contributed by atoms with E-state index in [4.69, 9.17) is 9.16 Å². The number of esters is 1. The Bertz CT molecular complexity index is 275. The molecular weight excluding hydrogens is 244 g/mol. The monoisotopic (exact) mass is 272 g/mol. The highest BCUT2D eigenvalue weighted by Crippen LogP contribution is 2.39. The minimum absolute atomic E-state index is 0.0183. The van der Waals surface area contributed by atoms with E-state index < -0.39 is 8.32 Å². The van der Waals surface area contributed by atoms with E-state index in [2.05, 4.69) is 26.6 Å². The summed E-state index contributed by atoms with van der Waals surface area (Å²) >= 11 is 0. The Kier molecular flexibility index (Phi) is 5.41. The second-order valence-corrected chi connectivity index (χ2v) is 10.7. The highest BCUT2D eigenvalue weighted by molar-refractivity contribution is 6.69. The Labute approximate surface area is 112 Å². The van der Waals surface area contributed by atoms with Gasteiger partial charge in [0.25, 0.3) is 0 Å². The average Bonchev–Trinajstić information content (AvgIpc) is 2.28. The summed E-state index contributed by atoms with van der Waals surface area (Å²) in [6.07, 6.45) is 4.87. The van der Waals surface area contributed by atoms with Gasteiger partial charge < -0.3 is 9.16 Å². The van der Waals surface area contributed by atoms with Crippen molar-refractivity contribution < 1.29 is 14.0 Å². The number of ether oxygens (including phenoxy) is 1. The Morgan fingerprint density at radius 1 is 1.22 bits per heavy atom. The molecule has 0 spiro atoms. The minimum atomic E-state index is -1.52. The molecule has 0 aromatic carbocycles. The maximum atomic E-state index is 11.7. The first-order valence-corrected chi connectivity index (χ1v) is 10.6. The van der Waals surface area contributed by atoms with Gasteiger partial charge in [-0.25, -0.2) is 0 Å². The highest BCUT2D eigenvalue weighted by atomic mass is 28.4. The molecule has 0 saturated heterocycles. The molecule has 0 bridgehead atoms. The predicted molar refractivity (Wildman–Crippen MR) is 76.0 cm³/mol. The van der Waals surface area contributed by atoms with Crippen molar-refractivity contribution in [2.24, 2.45) is 5.92 Å². The molecule has 0 N–H and O–H groups in total. The van der Waals surface area contributed by atoms with E-state index in [0.717, 1.165) is 32.1 Å². The van der Waals surface area contributed by atoms with Gasteiger partial charge in [0.15, 0.2) is 8.32 Å². The van der Waals surface area contributed by atoms with Crippen LogP contribution in [0.5, 0.6) is 0 Å². The molecule has 0 aromatic rings. The van der Waals surface area contributed by atoms with Crippen LogP contribution in [0.2, 0.25) is 19.6 Å². The molecule has 1 fully saturated rings. The zero-order valence-electron chi connectivity index (χ0n) is 12.5. The largest absolute Gasteiger partial charge is 0.466 e. The standard InChI is InChI=1S/C14H28O3Si/c1-6-14(17-18(3,4)5)10-8-12(9-11-14)13(15)16-7-2/h12H,6-11H2,1-5H3. The molecule has 0 radical (unpaired) electrons. The predicted octanol–water partition coefficient (Wildman–Crippen LogP) is 3.74. The molecule has 18 heavy (non-hydrogen) atoms. The third-order valence-corrected chi connectivity index (χ3v) is 4.73. The number of carbonyl (C=O) groups is 1. The van der Waals surface area contributed by atoms with Crippen molar-refractivity contribution in [3.63, 3.8) is 0 Å². The first-order chi connectivity index (χ1) is 8.32. The summed E-state index contributed by atoms with van der Waals surface area (Å²) in [7, 11) is -1.52. The van der Waals surface area contributed by atoms with Crippen LogP contribution < -0.4 is 0 Å². The van der Waals surface area contributed by atoms with Crippen molar-refractivity contribution >= 4 is 14.3 Å². The third-order valence-electron chi connectivity index (χ3n) is 3.68. The minimum Gasteiger partial charge on any atom is -0.466 e. The van der Waals surface area contributed by atoms with Crippen LogP contribution in [0.15, 0.2) is 0 Å². The lowest BCUT2D eigenvalue weighted by atomic mass is 9.77. The van der Waals surface area contributed by atoms with E-state index in [9.17, 15) is 4.79 Å². The van der Waals surface area contributed by atoms with Crippen LogP contribution in [0.1, 0.15) is 46.0 Å². The van der Waals surface area contributed by atoms with E-state index in [0.29, 0.717) is 6.61 Å². The molecule has 1 rings (SSSR count). The highest BCUT2D eigenvalue weighted by Gasteiger charge is 2.40. The van der Waals surface area contributed by atoms with Crippen molar-refractivity contribution in [1.29, 1.82) is 0 Å². The van der Waals surface area contributed by atoms with E-state index in [1.165, 1.54) is 0 Å². The lowest BCUT2D eigenvalue weighted by molar-refractivity contribution is -0.150. The maximum Gasteiger partial charge on any atom is 0.308 e. The summed E-state index contributed by atoms with van der Waals surface area (Å²) in [4.78, 5) is 11.7. The van der Waals surface area contributed by atoms with Crippen molar-refractivity contribution in [2.75, 3.05) is 6.61 Å². The SMILES string of the molecule is CCOC(=O)C1CCC(CC)(O[Si](C)(C)C)CC1. The molecule has 106 valence electrons. The summed E-state index contributed by atoms with van der Waals surface area (Å²) in [5.41, 5.74) is 0.0213. The molecule has 1 aliphatic carbocycles. The Morgan fingerprint density at radius 2 is 1.78 bits per heavy atom. The van der Waals surface area contributed by atoms with Gasteiger partial charge in [-0.2, -0.15) is 0 Å². The maximum absolute atomic E-state index is 11.7. The van der Waals surface area contributed by atoms with Crippen LogP contribution in [-0.4, -0.2) is 26.5 Å². The van der Waals surface area contributed by atoms with Gasteiger partial charge >= 0.3 is 5.97 Å². The summed E-state index contributed by atoms with van der Waals surface area (Å²) in [6.45, 7) is 11.3. The van der Waals surface area contributed by atoms with Gasteiger partial charge in [0, 0.05) is 0 Å². The normalized spacial score (nSPS) is 29.1. The van der Waals surface area contributed by atoms with Crippen LogP contribution >= 0.6 is 0 Å². The summed E-state index contributed by atoms with van der Waals surface area (Å²) in [6, 6.07) is 0. The number of rotatable bonds is 5. The molecule has 1 saturated carbocycles. The topological polar surface area (TPSA) is 35.5 Å². The molecule has 0 unspecified atom stereocenters. The van der Waals surface area contributed by atoms with Crippen molar-refractivity contribution in [1.82, 2.24) is 0 Å². The van der Waals surface area contributed by atoms with E-state index in [1.807, 2.05) is 6.92 Å². The van der Waals surface area contributed by atoms with Gasteiger partial charge in [-0.05, 0) is 58.7 Å². The quantitative estimate of drug-likeness (QED) is 0.565. The van der Waals surface area contributed by atoms with Gasteiger partial charge in [0.1, 0.15) is 0 Å². The van der Waals surface area contributed by atoms with Crippen LogP contribution in [0.4, 0.5) is 0 Å². The molecule has 0 aromatic heterocycles. The Morgan fingerprint density at radius 3 is 2.17 bits per heavy atom. The van der Waals surface area contributed by atoms with Crippen LogP contribution in [-0.2, 0) is 14.0 Å². The fraction of sp³-hybridized carbons (Fsp3) is 0.929. The lowest BCUT2D eigenvalue weighted by Crippen LogP contribution is -2.45. The van der Waals surface area contributed by atoms with Crippen LogP contribution in [0.3, 0.4) is 0 Å². The molecular formula is C14H28O3Si. The molecule has 4 heteroatoms. The fourth-order valence-electron chi connectivity index (χ4n) is 2.82. The molecule has 0 atom stereocenters. The second kappa shape index (κ2) is 6.20. The van der Waals surface area contributed by atoms with E-state index in [1.54, 1.807) is 0 Å². The second-order valence-electron chi connectivity index (χ2n) is 6.28. The fourth-order valence-corrected chi connectivity index (χ4v) is 4.46. The Balaban J connectivity index is 2.56. The van der Waals surface area contributed by atoms with Gasteiger partial charge in [-0.3, -0.25) is 4.79 Å². The zero-order chi connectivity index (χ0) is 13.8. The van der Waals surface area contributed by atoms with Gasteiger partial charge in [-0.15, -0.1) is 0 Å². The van der Waals surface area contributed by atoms with Crippen molar-refractivity contribution in [3.8, 4) is 0 Å². The summed E-state index contributed by atoms with van der Waals surface area (Å²) in [5.74, 6) is 0.0741. The smallest absolute Gasteiger partial charge is 0.308 e. The summed E-state index contributed by atoms with van der Waals surface area (Å²) in [5, 5.41) is 0. The van der Waals surface area contributed by atoms with Crippen LogP contribution in [0.25, 0.3) is 0 Å². The van der Waals surface area contributed by atoms with E-state index >= 15 is 0 Å². The molecule has 0 aliphatic heterocycles. The van der Waals surface area contributed by atoms with Gasteiger partial charge in [0.05, 0.1) is 18.1 Å². The molecule has 1 aliphatic rings. The zero-order valence-corrected chi connectivity index (χ0v) is 13.5. The Hall–Kier alpha value is -0.353. The first-order valence-electron chi connectivity index (χ1n) is 7.19. The lowest BCUT2D eigenvalue weighted by Gasteiger charge is -2.43. The van der Waals surface area contributed by atoms with Gasteiger partial charge in [0.2, 0.25) is 0 Å². The molecule has 0 heterocycles. The molecule has 3 nitrogen and oxygen atoms in total. The number of carbonyl (C=O) groups excluding carboxylic acids is 1. The van der Waals surface area contributed by atoms with E-state index in [-0.39, 0.29) is 17.5 Å². The van der Waals surface area contributed by atoms with Gasteiger partial charge in [-0.1, -0.05) is 6.92 Å².